The van der Waals surface area contributed by atoms with Gasteiger partial charge in [-0.3, -0.25) is 9.69 Å². The van der Waals surface area contributed by atoms with E-state index >= 15 is 0 Å². The Morgan fingerprint density at radius 2 is 2.00 bits per heavy atom. The quantitative estimate of drug-likeness (QED) is 0.789. The van der Waals surface area contributed by atoms with Crippen molar-refractivity contribution in [3.8, 4) is 0 Å². The van der Waals surface area contributed by atoms with Crippen molar-refractivity contribution in [3.63, 3.8) is 0 Å². The molecule has 0 aromatic carbocycles. The number of nitrogens with zero attached hydrogens (tertiary/aromatic N) is 2. The Labute approximate surface area is 115 Å². The minimum Gasteiger partial charge on any atom is -0.395 e. The van der Waals surface area contributed by atoms with Crippen molar-refractivity contribution < 1.29 is 14.6 Å². The molecule has 1 amide bonds. The first kappa shape index (κ1) is 14.8. The number of hydrogen-bond donors (Lipinski definition) is 1. The van der Waals surface area contributed by atoms with Gasteiger partial charge in [-0.1, -0.05) is 6.42 Å². The van der Waals surface area contributed by atoms with E-state index in [9.17, 15) is 9.90 Å². The van der Waals surface area contributed by atoms with E-state index in [1.165, 1.54) is 12.8 Å². The molecule has 2 heterocycles. The molecular weight excluding hydrogens is 244 g/mol. The van der Waals surface area contributed by atoms with E-state index in [1.807, 2.05) is 4.90 Å². The predicted octanol–water partition coefficient (Wildman–Crippen LogP) is 0.472. The lowest BCUT2D eigenvalue weighted by molar-refractivity contribution is -0.135. The molecule has 110 valence electrons. The number of ether oxygens (including phenoxy) is 1. The van der Waals surface area contributed by atoms with E-state index in [1.54, 1.807) is 0 Å². The van der Waals surface area contributed by atoms with Crippen molar-refractivity contribution in [2.75, 3.05) is 46.0 Å². The Kier molecular flexibility index (Phi) is 6.07. The molecular formula is C14H26N2O3. The van der Waals surface area contributed by atoms with Gasteiger partial charge in [-0.2, -0.15) is 0 Å². The molecule has 0 aliphatic carbocycles. The molecule has 5 heteroatoms. The fourth-order valence-electron chi connectivity index (χ4n) is 2.97. The maximum atomic E-state index is 12.0. The fourth-order valence-corrected chi connectivity index (χ4v) is 2.97. The van der Waals surface area contributed by atoms with Crippen LogP contribution >= 0.6 is 0 Å². The number of carbonyl (C=O) groups excluding carboxylic acids is 1. The van der Waals surface area contributed by atoms with Crippen molar-refractivity contribution in [3.05, 3.63) is 0 Å². The van der Waals surface area contributed by atoms with Crippen LogP contribution in [0.3, 0.4) is 0 Å². The summed E-state index contributed by atoms with van der Waals surface area (Å²) < 4.78 is 5.25. The number of likely N-dealkylation sites (tertiary alicyclic amines) is 1. The van der Waals surface area contributed by atoms with Gasteiger partial charge in [0.2, 0.25) is 5.91 Å². The van der Waals surface area contributed by atoms with Crippen LogP contribution in [-0.2, 0) is 9.53 Å². The van der Waals surface area contributed by atoms with Crippen molar-refractivity contribution >= 4 is 5.91 Å². The fraction of sp³-hybridized carbons (Fsp3) is 0.929. The molecule has 0 aromatic rings. The van der Waals surface area contributed by atoms with Crippen LogP contribution in [-0.4, -0.2) is 72.9 Å². The van der Waals surface area contributed by atoms with Crippen molar-refractivity contribution in [1.29, 1.82) is 0 Å². The van der Waals surface area contributed by atoms with Gasteiger partial charge in [0.15, 0.2) is 0 Å². The van der Waals surface area contributed by atoms with Crippen LogP contribution in [0.2, 0.25) is 0 Å². The maximum absolute atomic E-state index is 12.0. The topological polar surface area (TPSA) is 53.0 Å². The number of morpholine rings is 1. The summed E-state index contributed by atoms with van der Waals surface area (Å²) in [5, 5.41) is 9.34. The van der Waals surface area contributed by atoms with E-state index in [2.05, 4.69) is 4.90 Å². The summed E-state index contributed by atoms with van der Waals surface area (Å²) in [6.45, 7) is 5.06. The standard InChI is InChI=1S/C14H26N2O3/c17-12-13-4-1-2-6-15(13)7-3-5-14(18)16-8-10-19-11-9-16/h13,17H,1-12H2. The van der Waals surface area contributed by atoms with E-state index in [4.69, 9.17) is 4.74 Å². The van der Waals surface area contributed by atoms with Crippen molar-refractivity contribution in [2.45, 2.75) is 38.1 Å². The van der Waals surface area contributed by atoms with Gasteiger partial charge in [0.25, 0.3) is 0 Å². The highest BCUT2D eigenvalue weighted by atomic mass is 16.5. The molecule has 0 spiro atoms. The van der Waals surface area contributed by atoms with Gasteiger partial charge in [-0.25, -0.2) is 0 Å². The van der Waals surface area contributed by atoms with Gasteiger partial charge < -0.3 is 14.7 Å². The SMILES string of the molecule is O=C(CCCN1CCCCC1CO)N1CCOCC1. The lowest BCUT2D eigenvalue weighted by atomic mass is 10.0. The number of carbonyl (C=O) groups is 1. The Morgan fingerprint density at radius 3 is 2.74 bits per heavy atom. The molecule has 0 radical (unpaired) electrons. The third-order valence-corrected chi connectivity index (χ3v) is 4.16. The summed E-state index contributed by atoms with van der Waals surface area (Å²) in [5.41, 5.74) is 0. The van der Waals surface area contributed by atoms with Crippen LogP contribution in [0, 0.1) is 0 Å². The zero-order chi connectivity index (χ0) is 13.5. The van der Waals surface area contributed by atoms with Gasteiger partial charge in [0.1, 0.15) is 0 Å². The van der Waals surface area contributed by atoms with Crippen molar-refractivity contribution in [2.24, 2.45) is 0 Å². The summed E-state index contributed by atoms with van der Waals surface area (Å²) in [4.78, 5) is 16.2. The predicted molar refractivity (Wildman–Crippen MR) is 72.9 cm³/mol. The molecule has 0 bridgehead atoms. The van der Waals surface area contributed by atoms with Gasteiger partial charge >= 0.3 is 0 Å². The summed E-state index contributed by atoms with van der Waals surface area (Å²) in [6.07, 6.45) is 5.04. The second kappa shape index (κ2) is 7.82. The van der Waals surface area contributed by atoms with Crippen LogP contribution < -0.4 is 0 Å². The van der Waals surface area contributed by atoms with E-state index < -0.39 is 0 Å². The molecule has 2 saturated heterocycles. The van der Waals surface area contributed by atoms with Crippen LogP contribution in [0.5, 0.6) is 0 Å². The highest BCUT2D eigenvalue weighted by molar-refractivity contribution is 5.76. The second-order valence-electron chi connectivity index (χ2n) is 5.46. The zero-order valence-corrected chi connectivity index (χ0v) is 11.7. The summed E-state index contributed by atoms with van der Waals surface area (Å²) in [7, 11) is 0. The number of aliphatic hydroxyl groups excluding tert-OH is 1. The molecule has 19 heavy (non-hydrogen) atoms. The van der Waals surface area contributed by atoms with Crippen LogP contribution in [0.25, 0.3) is 0 Å². The Hall–Kier alpha value is -0.650. The van der Waals surface area contributed by atoms with Crippen LogP contribution in [0.4, 0.5) is 0 Å². The summed E-state index contributed by atoms with van der Waals surface area (Å²) >= 11 is 0. The average Bonchev–Trinajstić information content (AvgIpc) is 2.48. The summed E-state index contributed by atoms with van der Waals surface area (Å²) in [5.74, 6) is 0.251. The van der Waals surface area contributed by atoms with Crippen LogP contribution in [0.15, 0.2) is 0 Å². The molecule has 5 nitrogen and oxygen atoms in total. The smallest absolute Gasteiger partial charge is 0.222 e. The number of amides is 1. The second-order valence-corrected chi connectivity index (χ2v) is 5.46. The molecule has 2 rings (SSSR count). The first-order valence-corrected chi connectivity index (χ1v) is 7.51. The first-order valence-electron chi connectivity index (χ1n) is 7.51. The van der Waals surface area contributed by atoms with Crippen molar-refractivity contribution in [1.82, 2.24) is 9.80 Å². The highest BCUT2D eigenvalue weighted by Gasteiger charge is 2.22. The molecule has 0 aromatic heterocycles. The molecule has 2 fully saturated rings. The molecule has 1 unspecified atom stereocenters. The summed E-state index contributed by atoms with van der Waals surface area (Å²) in [6, 6.07) is 0.312. The lowest BCUT2D eigenvalue weighted by Crippen LogP contribution is -2.43. The van der Waals surface area contributed by atoms with Gasteiger partial charge in [-0.05, 0) is 32.4 Å². The normalized spacial score (nSPS) is 25.5. The average molecular weight is 270 g/mol. The number of piperidine rings is 1. The molecule has 2 aliphatic heterocycles. The Balaban J connectivity index is 1.65. The Morgan fingerprint density at radius 1 is 1.21 bits per heavy atom. The van der Waals surface area contributed by atoms with E-state index in [0.717, 1.165) is 39.0 Å². The van der Waals surface area contributed by atoms with E-state index in [0.29, 0.717) is 25.7 Å². The molecule has 1 N–H and O–H groups in total. The largest absolute Gasteiger partial charge is 0.395 e. The third-order valence-electron chi connectivity index (χ3n) is 4.16. The molecule has 2 aliphatic rings. The minimum atomic E-state index is 0.247. The first-order chi connectivity index (χ1) is 9.31. The molecule has 1 atom stereocenters. The van der Waals surface area contributed by atoms with Crippen LogP contribution in [0.1, 0.15) is 32.1 Å². The van der Waals surface area contributed by atoms with Gasteiger partial charge in [0, 0.05) is 25.6 Å². The van der Waals surface area contributed by atoms with E-state index in [-0.39, 0.29) is 12.5 Å². The van der Waals surface area contributed by atoms with Gasteiger partial charge in [-0.15, -0.1) is 0 Å². The Bertz CT molecular complexity index is 280. The number of aliphatic hydroxyl groups is 1. The lowest BCUT2D eigenvalue weighted by Gasteiger charge is -2.34. The third kappa shape index (κ3) is 4.44. The van der Waals surface area contributed by atoms with Gasteiger partial charge in [0.05, 0.1) is 19.8 Å². The minimum absolute atomic E-state index is 0.247. The highest BCUT2D eigenvalue weighted by Crippen LogP contribution is 2.17. The maximum Gasteiger partial charge on any atom is 0.222 e. The number of hydrogen-bond acceptors (Lipinski definition) is 4. The monoisotopic (exact) mass is 270 g/mol. The molecule has 0 saturated carbocycles. The zero-order valence-electron chi connectivity index (χ0n) is 11.7. The number of rotatable bonds is 5.